The Balaban J connectivity index is 0.00000261. The predicted octanol–water partition coefficient (Wildman–Crippen LogP) is -3.48. The summed E-state index contributed by atoms with van der Waals surface area (Å²) in [6.07, 6.45) is 7.55. The molecule has 7 nitrogen and oxygen atoms in total. The number of nitrogens with one attached hydrogen (secondary N) is 2. The second-order valence-electron chi connectivity index (χ2n) is 7.10. The molecule has 0 unspecified atom stereocenters. The van der Waals surface area contributed by atoms with Gasteiger partial charge >= 0.3 is 17.1 Å². The summed E-state index contributed by atoms with van der Waals surface area (Å²) in [6.45, 7) is 8.19. The molecule has 0 aliphatic carbocycles. The third-order valence-corrected chi connectivity index (χ3v) is 4.92. The molecule has 1 aromatic heterocycles. The third-order valence-electron chi connectivity index (χ3n) is 4.92. The van der Waals surface area contributed by atoms with Crippen LogP contribution in [-0.4, -0.2) is 52.6 Å². The van der Waals surface area contributed by atoms with Crippen molar-refractivity contribution >= 4 is 11.4 Å². The van der Waals surface area contributed by atoms with Crippen LogP contribution in [-0.2, 0) is 17.1 Å². The topological polar surface area (TPSA) is 68.2 Å². The molecule has 164 valence electrons. The van der Waals surface area contributed by atoms with Gasteiger partial charge in [-0.05, 0) is 51.7 Å². The van der Waals surface area contributed by atoms with E-state index in [2.05, 4.69) is 31.3 Å². The first-order valence-electron chi connectivity index (χ1n) is 9.80. The van der Waals surface area contributed by atoms with Gasteiger partial charge in [-0.15, -0.1) is 0 Å². The van der Waals surface area contributed by atoms with E-state index in [4.69, 9.17) is 4.98 Å². The minimum atomic E-state index is 0. The van der Waals surface area contributed by atoms with Gasteiger partial charge in [-0.2, -0.15) is 10.2 Å². The van der Waals surface area contributed by atoms with Gasteiger partial charge in [0.25, 0.3) is 0 Å². The number of aromatic nitrogens is 1. The fourth-order valence-corrected chi connectivity index (χ4v) is 3.23. The molecule has 0 saturated carbocycles. The van der Waals surface area contributed by atoms with Gasteiger partial charge in [0.05, 0.1) is 22.8 Å². The molecule has 0 bridgehead atoms. The van der Waals surface area contributed by atoms with Crippen LogP contribution >= 0.6 is 0 Å². The van der Waals surface area contributed by atoms with Gasteiger partial charge in [0.1, 0.15) is 0 Å². The number of nitrogens with zero attached hydrogens (tertiary/aromatic N) is 5. The van der Waals surface area contributed by atoms with E-state index < -0.39 is 0 Å². The number of hydrazone groups is 2. The second kappa shape index (κ2) is 15.0. The van der Waals surface area contributed by atoms with E-state index in [9.17, 15) is 0 Å². The monoisotopic (exact) mass is 483 g/mol. The number of pyridine rings is 1. The van der Waals surface area contributed by atoms with Crippen molar-refractivity contribution in [1.29, 1.82) is 0 Å². The molecule has 29 heavy (non-hydrogen) atoms. The van der Waals surface area contributed by atoms with Crippen LogP contribution in [0.25, 0.3) is 0 Å². The summed E-state index contributed by atoms with van der Waals surface area (Å²) >= 11 is 0. The molecule has 2 aliphatic heterocycles. The molecule has 2 fully saturated rings. The Morgan fingerprint density at radius 3 is 1.52 bits per heavy atom. The summed E-state index contributed by atoms with van der Waals surface area (Å²) in [5.41, 5.74) is 9.85. The van der Waals surface area contributed by atoms with Crippen molar-refractivity contribution < 1.29 is 41.9 Å². The average Bonchev–Trinajstić information content (AvgIpc) is 2.72. The van der Waals surface area contributed by atoms with E-state index in [1.807, 2.05) is 32.0 Å². The first-order chi connectivity index (χ1) is 12.7. The number of rotatable bonds is 6. The molecule has 2 saturated heterocycles. The van der Waals surface area contributed by atoms with E-state index in [1.54, 1.807) is 0 Å². The van der Waals surface area contributed by atoms with Crippen molar-refractivity contribution in [3.63, 3.8) is 0 Å². The van der Waals surface area contributed by atoms with Crippen LogP contribution in [0.3, 0.4) is 0 Å². The van der Waals surface area contributed by atoms with E-state index in [0.29, 0.717) is 0 Å². The third kappa shape index (κ3) is 9.20. The van der Waals surface area contributed by atoms with Crippen molar-refractivity contribution in [2.75, 3.05) is 26.2 Å². The van der Waals surface area contributed by atoms with Crippen molar-refractivity contribution in [1.82, 2.24) is 26.1 Å². The van der Waals surface area contributed by atoms with Crippen molar-refractivity contribution in [3.05, 3.63) is 29.6 Å². The minimum absolute atomic E-state index is 0. The molecule has 0 radical (unpaired) electrons. The molecular formula is C19H31Cl2FeN7. The Labute approximate surface area is 197 Å². The molecule has 3 heterocycles. The smallest absolute Gasteiger partial charge is 1.00 e. The van der Waals surface area contributed by atoms with Crippen LogP contribution in [0.5, 0.6) is 0 Å². The van der Waals surface area contributed by atoms with Gasteiger partial charge in [-0.25, -0.2) is 26.1 Å². The zero-order valence-electron chi connectivity index (χ0n) is 17.1. The molecule has 3 rings (SSSR count). The molecule has 2 N–H and O–H groups in total. The molecule has 2 aliphatic rings. The second-order valence-corrected chi connectivity index (χ2v) is 7.10. The Morgan fingerprint density at radius 2 is 1.14 bits per heavy atom. The van der Waals surface area contributed by atoms with Crippen LogP contribution in [0.2, 0.25) is 0 Å². The average molecular weight is 484 g/mol. The van der Waals surface area contributed by atoms with Gasteiger partial charge in [0, 0.05) is 26.2 Å². The first kappa shape index (κ1) is 28.1. The first-order valence-corrected chi connectivity index (χ1v) is 9.80. The van der Waals surface area contributed by atoms with Crippen LogP contribution in [0.15, 0.2) is 28.4 Å². The van der Waals surface area contributed by atoms with Gasteiger partial charge in [0.15, 0.2) is 0 Å². The maximum atomic E-state index is 4.72. The number of halogens is 2. The van der Waals surface area contributed by atoms with Crippen LogP contribution in [0.1, 0.15) is 63.8 Å². The Bertz CT molecular complexity index is 594. The molecule has 1 aromatic rings. The summed E-state index contributed by atoms with van der Waals surface area (Å²) in [7, 11) is 0. The van der Waals surface area contributed by atoms with Crippen molar-refractivity contribution in [2.24, 2.45) is 10.2 Å². The van der Waals surface area contributed by atoms with Crippen molar-refractivity contribution in [2.45, 2.75) is 52.4 Å². The van der Waals surface area contributed by atoms with E-state index in [0.717, 1.165) is 49.0 Å². The van der Waals surface area contributed by atoms with Crippen LogP contribution in [0.4, 0.5) is 0 Å². The molecular weight excluding hydrogens is 453 g/mol. The van der Waals surface area contributed by atoms with Crippen LogP contribution in [0, 0.1) is 0 Å². The molecule has 0 atom stereocenters. The minimum Gasteiger partial charge on any atom is -1.00 e. The predicted molar refractivity (Wildman–Crippen MR) is 106 cm³/mol. The number of hydrogen-bond donors (Lipinski definition) is 2. The summed E-state index contributed by atoms with van der Waals surface area (Å²) in [6, 6.07) is 5.99. The zero-order valence-corrected chi connectivity index (χ0v) is 19.8. The van der Waals surface area contributed by atoms with Gasteiger partial charge in [-0.1, -0.05) is 18.9 Å². The van der Waals surface area contributed by atoms with Crippen LogP contribution < -0.4 is 35.9 Å². The molecule has 0 aromatic carbocycles. The summed E-state index contributed by atoms with van der Waals surface area (Å²) in [4.78, 5) is 4.72. The Hall–Kier alpha value is -0.891. The van der Waals surface area contributed by atoms with E-state index in [-0.39, 0.29) is 41.9 Å². The van der Waals surface area contributed by atoms with Gasteiger partial charge in [0.2, 0.25) is 0 Å². The summed E-state index contributed by atoms with van der Waals surface area (Å²) in [5, 5.41) is 13.4. The van der Waals surface area contributed by atoms with E-state index in [1.165, 1.54) is 38.5 Å². The SMILES string of the molecule is CC(=NNN1CCCCC1)c1cccc(C(C)=NNN2CCCCC2)n1.[Cl-].[Cl-].[Fe+2]. The van der Waals surface area contributed by atoms with Crippen molar-refractivity contribution in [3.8, 4) is 0 Å². The summed E-state index contributed by atoms with van der Waals surface area (Å²) in [5.74, 6) is 0. The van der Waals surface area contributed by atoms with Gasteiger partial charge < -0.3 is 24.8 Å². The number of hydrogen-bond acceptors (Lipinski definition) is 7. The quantitative estimate of drug-likeness (QED) is 0.250. The van der Waals surface area contributed by atoms with Gasteiger partial charge in [-0.3, -0.25) is 0 Å². The zero-order chi connectivity index (χ0) is 18.2. The largest absolute Gasteiger partial charge is 2.00 e. The molecule has 10 heteroatoms. The molecule has 0 amide bonds. The number of hydrazine groups is 2. The Morgan fingerprint density at radius 1 is 0.759 bits per heavy atom. The standard InChI is InChI=1S/C19H31N7.2ClH.Fe/c1-16(21-23-25-12-5-3-6-13-25)18-10-9-11-19(20-18)17(2)22-24-26-14-7-4-8-15-26;;;/h9-11,23-24H,3-8,12-15H2,1-2H3;2*1H;/q;;;+2/p-2. The number of piperidine rings is 2. The van der Waals surface area contributed by atoms with E-state index >= 15 is 0 Å². The maximum Gasteiger partial charge on any atom is 2.00 e. The normalized spacial score (nSPS) is 18.7. The fraction of sp³-hybridized carbons (Fsp3) is 0.632. The summed E-state index contributed by atoms with van der Waals surface area (Å²) < 4.78 is 0. The maximum absolute atomic E-state index is 4.72. The molecule has 0 spiro atoms. The fourth-order valence-electron chi connectivity index (χ4n) is 3.23. The Kier molecular flexibility index (Phi) is 14.5.